The van der Waals surface area contributed by atoms with Crippen LogP contribution in [-0.4, -0.2) is 47.2 Å². The molecule has 2 N–H and O–H groups in total. The Morgan fingerprint density at radius 2 is 1.86 bits per heavy atom. The second-order valence-electron chi connectivity index (χ2n) is 8.66. The Morgan fingerprint density at radius 3 is 2.46 bits per heavy atom. The molecule has 0 unspecified atom stereocenters. The fourth-order valence-corrected chi connectivity index (χ4v) is 4.14. The van der Waals surface area contributed by atoms with E-state index in [9.17, 15) is 9.90 Å². The van der Waals surface area contributed by atoms with E-state index in [1.807, 2.05) is 60.0 Å². The summed E-state index contributed by atoms with van der Waals surface area (Å²) in [6.07, 6.45) is 1.50. The Kier molecular flexibility index (Phi) is 7.32. The van der Waals surface area contributed by atoms with Crippen molar-refractivity contribution in [3.8, 4) is 22.5 Å². The van der Waals surface area contributed by atoms with E-state index >= 15 is 0 Å². The second kappa shape index (κ2) is 10.4. The van der Waals surface area contributed by atoms with Crippen LogP contribution in [0.4, 0.5) is 0 Å². The summed E-state index contributed by atoms with van der Waals surface area (Å²) in [7, 11) is 0. The molecule has 0 amide bonds. The summed E-state index contributed by atoms with van der Waals surface area (Å²) < 4.78 is 7.03. The van der Waals surface area contributed by atoms with Gasteiger partial charge in [-0.2, -0.15) is 5.21 Å². The highest BCUT2D eigenvalue weighted by molar-refractivity contribution is 7.80. The van der Waals surface area contributed by atoms with E-state index in [1.54, 1.807) is 13.8 Å². The normalized spacial score (nSPS) is 11.6. The van der Waals surface area contributed by atoms with Gasteiger partial charge in [-0.1, -0.05) is 55.5 Å². The molecule has 0 radical (unpaired) electrons. The first-order valence-electron chi connectivity index (χ1n) is 11.4. The lowest BCUT2D eigenvalue weighted by atomic mass is 9.98. The van der Waals surface area contributed by atoms with Crippen molar-refractivity contribution in [2.45, 2.75) is 45.8 Å². The molecule has 10 heteroatoms. The molecule has 2 heterocycles. The molecule has 0 aliphatic heterocycles. The minimum atomic E-state index is -1.30. The topological polar surface area (TPSA) is 119 Å². The van der Waals surface area contributed by atoms with Crippen LogP contribution in [-0.2, 0) is 23.3 Å². The average Bonchev–Trinajstić information content (AvgIpc) is 3.49. The van der Waals surface area contributed by atoms with Gasteiger partial charge >= 0.3 is 5.97 Å². The molecule has 2 aromatic carbocycles. The Morgan fingerprint density at radius 1 is 1.14 bits per heavy atom. The van der Waals surface area contributed by atoms with Crippen LogP contribution in [0.2, 0.25) is 0 Å². The molecule has 0 saturated heterocycles. The lowest BCUT2D eigenvalue weighted by Crippen LogP contribution is -2.23. The number of carbonyl (C=O) groups excluding carboxylic acids is 1. The van der Waals surface area contributed by atoms with Crippen LogP contribution in [0.15, 0.2) is 48.5 Å². The number of aryl methyl sites for hydroxylation is 1. The number of nitrogens with one attached hydrogen (secondary N) is 1. The summed E-state index contributed by atoms with van der Waals surface area (Å²) in [5.74, 6) is 0.631. The van der Waals surface area contributed by atoms with Crippen molar-refractivity contribution in [3.63, 3.8) is 0 Å². The largest absolute Gasteiger partial charge is 0.450 e. The maximum atomic E-state index is 12.9. The van der Waals surface area contributed by atoms with E-state index in [0.29, 0.717) is 24.5 Å². The quantitative estimate of drug-likeness (QED) is 0.184. The second-order valence-corrected chi connectivity index (χ2v) is 8.92. The number of esters is 1. The van der Waals surface area contributed by atoms with Crippen LogP contribution in [0.25, 0.3) is 22.5 Å². The van der Waals surface area contributed by atoms with Crippen LogP contribution in [0, 0.1) is 0 Å². The Balaban J connectivity index is 1.71. The third-order valence-corrected chi connectivity index (χ3v) is 5.74. The third-order valence-electron chi connectivity index (χ3n) is 5.61. The van der Waals surface area contributed by atoms with Crippen molar-refractivity contribution in [3.05, 3.63) is 71.3 Å². The van der Waals surface area contributed by atoms with Gasteiger partial charge < -0.3 is 14.4 Å². The van der Waals surface area contributed by atoms with Crippen molar-refractivity contribution in [1.82, 2.24) is 30.2 Å². The molecule has 0 atom stereocenters. The number of ether oxygens (including phenoxy) is 1. The fraction of sp³-hybridized carbons (Fsp3) is 0.320. The smallest absolute Gasteiger partial charge is 0.357 e. The molecule has 9 nitrogen and oxygen atoms in total. The predicted octanol–water partition coefficient (Wildman–Crippen LogP) is 4.00. The van der Waals surface area contributed by atoms with Gasteiger partial charge in [0.25, 0.3) is 0 Å². The van der Waals surface area contributed by atoms with Crippen molar-refractivity contribution in [1.29, 1.82) is 0 Å². The number of thiol groups is 1. The van der Waals surface area contributed by atoms with E-state index in [-0.39, 0.29) is 11.6 Å². The zero-order valence-corrected chi connectivity index (χ0v) is 20.8. The molecule has 4 aromatic rings. The Bertz CT molecular complexity index is 1290. The molecule has 0 saturated carbocycles. The lowest BCUT2D eigenvalue weighted by Gasteiger charge is -2.17. The Hall–Kier alpha value is -3.50. The first-order chi connectivity index (χ1) is 16.8. The summed E-state index contributed by atoms with van der Waals surface area (Å²) >= 11 is 4.02. The predicted molar refractivity (Wildman–Crippen MR) is 135 cm³/mol. The monoisotopic (exact) mass is 492 g/mol. The molecule has 0 spiro atoms. The highest BCUT2D eigenvalue weighted by Gasteiger charge is 2.32. The molecule has 35 heavy (non-hydrogen) atoms. The van der Waals surface area contributed by atoms with Crippen LogP contribution < -0.4 is 0 Å². The van der Waals surface area contributed by atoms with Gasteiger partial charge in [-0.15, -0.1) is 22.8 Å². The van der Waals surface area contributed by atoms with Crippen LogP contribution in [0.1, 0.15) is 54.8 Å². The molecule has 0 fully saturated rings. The number of imidazole rings is 1. The van der Waals surface area contributed by atoms with Gasteiger partial charge in [0.2, 0.25) is 5.82 Å². The van der Waals surface area contributed by atoms with Gasteiger partial charge in [-0.05, 0) is 42.2 Å². The van der Waals surface area contributed by atoms with Crippen LogP contribution >= 0.6 is 12.6 Å². The summed E-state index contributed by atoms with van der Waals surface area (Å²) in [6.45, 7) is 5.68. The number of tetrazole rings is 1. The number of hydrogen-bond donors (Lipinski definition) is 3. The molecular formula is C25H28N6O3S. The lowest BCUT2D eigenvalue weighted by molar-refractivity contribution is 0.0515. The van der Waals surface area contributed by atoms with Crippen molar-refractivity contribution < 1.29 is 14.6 Å². The summed E-state index contributed by atoms with van der Waals surface area (Å²) in [4.78, 5) is 17.5. The molecule has 182 valence electrons. The van der Waals surface area contributed by atoms with Gasteiger partial charge in [0.1, 0.15) is 23.1 Å². The number of H-pyrrole nitrogens is 1. The zero-order chi connectivity index (χ0) is 25.0. The molecule has 4 rings (SSSR count). The highest BCUT2D eigenvalue weighted by Crippen LogP contribution is 2.31. The van der Waals surface area contributed by atoms with E-state index in [4.69, 9.17) is 4.74 Å². The number of benzene rings is 2. The highest BCUT2D eigenvalue weighted by atomic mass is 32.1. The number of nitrogens with zero attached hydrogens (tertiary/aromatic N) is 5. The van der Waals surface area contributed by atoms with Gasteiger partial charge in [0.05, 0.1) is 0 Å². The number of hydrogen-bond acceptors (Lipinski definition) is 8. The average molecular weight is 493 g/mol. The maximum Gasteiger partial charge on any atom is 0.357 e. The first-order valence-corrected chi connectivity index (χ1v) is 12.0. The molecular weight excluding hydrogens is 464 g/mol. The number of carbonyl (C=O) groups is 1. The van der Waals surface area contributed by atoms with Crippen LogP contribution in [0.3, 0.4) is 0 Å². The first kappa shape index (κ1) is 24.6. The minimum Gasteiger partial charge on any atom is -0.450 e. The van der Waals surface area contributed by atoms with E-state index in [0.717, 1.165) is 34.5 Å². The van der Waals surface area contributed by atoms with Crippen LogP contribution in [0.5, 0.6) is 0 Å². The van der Waals surface area contributed by atoms with E-state index in [2.05, 4.69) is 38.2 Å². The number of aromatic amines is 1. The SMILES string of the molecule is CCCc1nc(C(C)(C)O)c(C(=O)OCS)n1Cc1ccc(-c2ccccc2-c2nn[nH]n2)cc1. The molecule has 0 aliphatic rings. The molecule has 0 aliphatic carbocycles. The van der Waals surface area contributed by atoms with Gasteiger partial charge in [0.15, 0.2) is 5.69 Å². The summed E-state index contributed by atoms with van der Waals surface area (Å²) in [6, 6.07) is 15.9. The number of rotatable bonds is 9. The van der Waals surface area contributed by atoms with Crippen molar-refractivity contribution >= 4 is 18.6 Å². The van der Waals surface area contributed by atoms with Crippen molar-refractivity contribution in [2.75, 3.05) is 5.94 Å². The zero-order valence-electron chi connectivity index (χ0n) is 19.9. The fourth-order valence-electron chi connectivity index (χ4n) is 4.02. The standard InChI is InChI=1S/C25H28N6O3S/c1-4-7-20-26-22(25(2,3)33)21(24(32)34-15-35)31(20)14-16-10-12-17(13-11-16)18-8-5-6-9-19(18)23-27-29-30-28-23/h5-6,8-13,33,35H,4,7,14-15H2,1-3H3,(H,27,28,29,30). The van der Waals surface area contributed by atoms with E-state index in [1.165, 1.54) is 0 Å². The van der Waals surface area contributed by atoms with Gasteiger partial charge in [-0.25, -0.2) is 9.78 Å². The molecule has 0 bridgehead atoms. The minimum absolute atomic E-state index is 0.0626. The van der Waals surface area contributed by atoms with Crippen molar-refractivity contribution in [2.24, 2.45) is 0 Å². The number of aromatic nitrogens is 6. The van der Waals surface area contributed by atoms with Gasteiger partial charge in [0, 0.05) is 18.5 Å². The number of aliphatic hydroxyl groups is 1. The van der Waals surface area contributed by atoms with Gasteiger partial charge in [-0.3, -0.25) is 0 Å². The summed E-state index contributed by atoms with van der Waals surface area (Å²) in [5, 5.41) is 25.1. The Labute approximate surface area is 209 Å². The van der Waals surface area contributed by atoms with E-state index < -0.39 is 11.6 Å². The molecule has 2 aromatic heterocycles. The maximum absolute atomic E-state index is 12.9. The third kappa shape index (κ3) is 5.28. The summed E-state index contributed by atoms with van der Waals surface area (Å²) in [5.41, 5.74) is 3.09.